The van der Waals surface area contributed by atoms with Gasteiger partial charge in [-0.25, -0.2) is 4.39 Å². The van der Waals surface area contributed by atoms with Gasteiger partial charge in [0.15, 0.2) is 0 Å². The molecule has 1 aromatic carbocycles. The van der Waals surface area contributed by atoms with Crippen LogP contribution in [0.2, 0.25) is 0 Å². The van der Waals surface area contributed by atoms with Crippen LogP contribution in [0.25, 0.3) is 11.3 Å². The second kappa shape index (κ2) is 9.17. The van der Waals surface area contributed by atoms with Crippen molar-refractivity contribution in [1.29, 1.82) is 0 Å². The van der Waals surface area contributed by atoms with Crippen LogP contribution in [0.5, 0.6) is 0 Å². The topological polar surface area (TPSA) is 72.4 Å². The minimum absolute atomic E-state index is 0.0902. The van der Waals surface area contributed by atoms with Crippen LogP contribution < -0.4 is 5.73 Å². The third-order valence-electron chi connectivity index (χ3n) is 3.88. The summed E-state index contributed by atoms with van der Waals surface area (Å²) in [5, 5.41) is 3.99. The number of aryl methyl sites for hydroxylation is 1. The predicted octanol–water partition coefficient (Wildman–Crippen LogP) is 3.00. The molecule has 2 rings (SSSR count). The van der Waals surface area contributed by atoms with Crippen LogP contribution in [0.4, 0.5) is 4.39 Å². The highest BCUT2D eigenvalue weighted by Crippen LogP contribution is 2.20. The smallest absolute Gasteiger partial charge is 0.223 e. The van der Waals surface area contributed by atoms with E-state index in [0.29, 0.717) is 24.2 Å². The molecule has 1 heterocycles. The zero-order valence-electron chi connectivity index (χ0n) is 14.0. The Kier molecular flexibility index (Phi) is 6.93. The van der Waals surface area contributed by atoms with Crippen molar-refractivity contribution < 1.29 is 13.7 Å². The molecule has 0 unspecified atom stereocenters. The molecular formula is C18H24FN3O2. The SMILES string of the molecule is CN(CCCCCc1cc(-c2cccc(F)c2)no1)C(=O)CCN. The molecule has 1 amide bonds. The number of unbranched alkanes of at least 4 members (excludes halogenated alkanes) is 2. The Bertz CT molecular complexity index is 657. The minimum Gasteiger partial charge on any atom is -0.361 e. The molecule has 5 nitrogen and oxygen atoms in total. The molecule has 130 valence electrons. The summed E-state index contributed by atoms with van der Waals surface area (Å²) in [5.74, 6) is 0.597. The molecule has 0 aliphatic carbocycles. The monoisotopic (exact) mass is 333 g/mol. The molecule has 0 aliphatic rings. The van der Waals surface area contributed by atoms with Gasteiger partial charge in [0.25, 0.3) is 0 Å². The summed E-state index contributed by atoms with van der Waals surface area (Å²) in [6, 6.07) is 8.15. The molecule has 0 spiro atoms. The van der Waals surface area contributed by atoms with Gasteiger partial charge in [-0.15, -0.1) is 0 Å². The minimum atomic E-state index is -0.287. The number of hydrogen-bond donors (Lipinski definition) is 1. The molecule has 2 aromatic rings. The number of aromatic nitrogens is 1. The number of carbonyl (C=O) groups is 1. The molecule has 0 bridgehead atoms. The van der Waals surface area contributed by atoms with E-state index in [4.69, 9.17) is 10.3 Å². The van der Waals surface area contributed by atoms with E-state index in [1.165, 1.54) is 12.1 Å². The fourth-order valence-electron chi connectivity index (χ4n) is 2.48. The Morgan fingerprint density at radius 1 is 1.29 bits per heavy atom. The van der Waals surface area contributed by atoms with Crippen LogP contribution >= 0.6 is 0 Å². The lowest BCUT2D eigenvalue weighted by atomic mass is 10.1. The first-order chi connectivity index (χ1) is 11.6. The molecule has 6 heteroatoms. The highest BCUT2D eigenvalue weighted by atomic mass is 19.1. The molecule has 0 fully saturated rings. The van der Waals surface area contributed by atoms with Crippen molar-refractivity contribution in [3.63, 3.8) is 0 Å². The largest absolute Gasteiger partial charge is 0.361 e. The van der Waals surface area contributed by atoms with E-state index < -0.39 is 0 Å². The fourth-order valence-corrected chi connectivity index (χ4v) is 2.48. The normalized spacial score (nSPS) is 10.8. The Morgan fingerprint density at radius 2 is 2.12 bits per heavy atom. The van der Waals surface area contributed by atoms with Crippen molar-refractivity contribution in [3.8, 4) is 11.3 Å². The van der Waals surface area contributed by atoms with E-state index in [-0.39, 0.29) is 11.7 Å². The molecule has 0 radical (unpaired) electrons. The van der Waals surface area contributed by atoms with Crippen LogP contribution in [0.15, 0.2) is 34.9 Å². The van der Waals surface area contributed by atoms with E-state index in [2.05, 4.69) is 5.16 Å². The number of nitrogens with zero attached hydrogens (tertiary/aromatic N) is 2. The number of amides is 1. The second-order valence-corrected chi connectivity index (χ2v) is 5.85. The van der Waals surface area contributed by atoms with Gasteiger partial charge in [-0.1, -0.05) is 23.7 Å². The van der Waals surface area contributed by atoms with Crippen molar-refractivity contribution in [2.24, 2.45) is 5.73 Å². The van der Waals surface area contributed by atoms with Gasteiger partial charge in [0.05, 0.1) is 0 Å². The van der Waals surface area contributed by atoms with Gasteiger partial charge >= 0.3 is 0 Å². The van der Waals surface area contributed by atoms with Gasteiger partial charge < -0.3 is 15.2 Å². The zero-order valence-corrected chi connectivity index (χ0v) is 14.0. The Balaban J connectivity index is 1.71. The number of halogens is 1. The van der Waals surface area contributed by atoms with Gasteiger partial charge in [-0.3, -0.25) is 4.79 Å². The zero-order chi connectivity index (χ0) is 17.4. The van der Waals surface area contributed by atoms with Crippen LogP contribution in [0, 0.1) is 5.82 Å². The van der Waals surface area contributed by atoms with E-state index >= 15 is 0 Å². The maximum absolute atomic E-state index is 13.2. The Morgan fingerprint density at radius 3 is 2.88 bits per heavy atom. The van der Waals surface area contributed by atoms with Crippen LogP contribution in [0.1, 0.15) is 31.4 Å². The van der Waals surface area contributed by atoms with Gasteiger partial charge in [0.1, 0.15) is 17.3 Å². The standard InChI is InChI=1S/C18H24FN3O2/c1-22(18(23)9-10-20)11-4-2-3-8-16-13-17(21-24-16)14-6-5-7-15(19)12-14/h5-7,12-13H,2-4,8-11,20H2,1H3. The summed E-state index contributed by atoms with van der Waals surface area (Å²) < 4.78 is 18.5. The number of benzene rings is 1. The first-order valence-corrected chi connectivity index (χ1v) is 8.25. The van der Waals surface area contributed by atoms with Crippen molar-refractivity contribution in [3.05, 3.63) is 41.9 Å². The molecule has 0 saturated carbocycles. The van der Waals surface area contributed by atoms with Gasteiger partial charge in [0, 0.05) is 44.6 Å². The van der Waals surface area contributed by atoms with Crippen molar-refractivity contribution in [2.45, 2.75) is 32.1 Å². The average molecular weight is 333 g/mol. The van der Waals surface area contributed by atoms with Crippen molar-refractivity contribution >= 4 is 5.91 Å². The first-order valence-electron chi connectivity index (χ1n) is 8.25. The van der Waals surface area contributed by atoms with Gasteiger partial charge in [0.2, 0.25) is 5.91 Å². The molecular weight excluding hydrogens is 309 g/mol. The Labute approximate surface area is 141 Å². The molecule has 1 aromatic heterocycles. The Hall–Kier alpha value is -2.21. The van der Waals surface area contributed by atoms with Gasteiger partial charge in [-0.05, 0) is 25.0 Å². The van der Waals surface area contributed by atoms with Crippen molar-refractivity contribution in [1.82, 2.24) is 10.1 Å². The summed E-state index contributed by atoms with van der Waals surface area (Å²) in [6.07, 6.45) is 4.07. The van der Waals surface area contributed by atoms with E-state index in [0.717, 1.165) is 38.0 Å². The predicted molar refractivity (Wildman–Crippen MR) is 90.8 cm³/mol. The summed E-state index contributed by atoms with van der Waals surface area (Å²) in [7, 11) is 1.81. The van der Waals surface area contributed by atoms with Crippen LogP contribution in [-0.2, 0) is 11.2 Å². The summed E-state index contributed by atoms with van der Waals surface area (Å²) in [4.78, 5) is 13.3. The quantitative estimate of drug-likeness (QED) is 0.716. The number of nitrogens with two attached hydrogens (primary N) is 1. The second-order valence-electron chi connectivity index (χ2n) is 5.85. The summed E-state index contributed by atoms with van der Waals surface area (Å²) >= 11 is 0. The van der Waals surface area contributed by atoms with Gasteiger partial charge in [-0.2, -0.15) is 0 Å². The first kappa shape index (κ1) is 18.1. The maximum atomic E-state index is 13.2. The molecule has 24 heavy (non-hydrogen) atoms. The molecule has 2 N–H and O–H groups in total. The molecule has 0 saturated heterocycles. The third kappa shape index (κ3) is 5.45. The number of rotatable bonds is 9. The summed E-state index contributed by atoms with van der Waals surface area (Å²) in [6.45, 7) is 1.13. The third-order valence-corrected chi connectivity index (χ3v) is 3.88. The maximum Gasteiger partial charge on any atom is 0.223 e. The lowest BCUT2D eigenvalue weighted by molar-refractivity contribution is -0.129. The molecule has 0 atom stereocenters. The van der Waals surface area contributed by atoms with Crippen molar-refractivity contribution in [2.75, 3.05) is 20.1 Å². The molecule has 0 aliphatic heterocycles. The van der Waals surface area contributed by atoms with E-state index in [9.17, 15) is 9.18 Å². The number of hydrogen-bond acceptors (Lipinski definition) is 4. The van der Waals surface area contributed by atoms with E-state index in [1.807, 2.05) is 6.07 Å². The lowest BCUT2D eigenvalue weighted by Gasteiger charge is -2.16. The lowest BCUT2D eigenvalue weighted by Crippen LogP contribution is -2.29. The highest BCUT2D eigenvalue weighted by molar-refractivity contribution is 5.75. The summed E-state index contributed by atoms with van der Waals surface area (Å²) in [5.41, 5.74) is 6.74. The highest BCUT2D eigenvalue weighted by Gasteiger charge is 2.08. The van der Waals surface area contributed by atoms with Crippen LogP contribution in [-0.4, -0.2) is 36.1 Å². The van der Waals surface area contributed by atoms with Crippen LogP contribution in [0.3, 0.4) is 0 Å². The average Bonchev–Trinajstić information content (AvgIpc) is 3.03. The van der Waals surface area contributed by atoms with E-state index in [1.54, 1.807) is 24.1 Å². The fraction of sp³-hybridized carbons (Fsp3) is 0.444. The number of carbonyl (C=O) groups excluding carboxylic acids is 1.